The second-order valence-corrected chi connectivity index (χ2v) is 5.01. The number of nitrogens with one attached hydrogen (secondary N) is 1. The molecule has 0 aliphatic carbocycles. The molecule has 1 N–H and O–H groups in total. The van der Waals surface area contributed by atoms with Crippen molar-refractivity contribution in [3.05, 3.63) is 28.8 Å². The van der Waals surface area contributed by atoms with E-state index >= 15 is 0 Å². The first-order valence-corrected chi connectivity index (χ1v) is 7.21. The molecule has 0 atom stereocenters. The summed E-state index contributed by atoms with van der Waals surface area (Å²) in [4.78, 5) is 0. The molecule has 1 aromatic rings. The Morgan fingerprint density at radius 1 is 1.17 bits per heavy atom. The van der Waals surface area contributed by atoms with Gasteiger partial charge >= 0.3 is 0 Å². The van der Waals surface area contributed by atoms with Gasteiger partial charge in [-0.3, -0.25) is 0 Å². The van der Waals surface area contributed by atoms with Crippen molar-refractivity contribution in [1.29, 1.82) is 0 Å². The van der Waals surface area contributed by atoms with Crippen LogP contribution in [0.15, 0.2) is 18.2 Å². The molecule has 0 aliphatic heterocycles. The molecule has 0 saturated carbocycles. The summed E-state index contributed by atoms with van der Waals surface area (Å²) in [5.41, 5.74) is 1.13. The SMILES string of the molecule is CCCCCCNCCOc1cc(Cl)ccc1C. The summed E-state index contributed by atoms with van der Waals surface area (Å²) < 4.78 is 5.70. The Morgan fingerprint density at radius 2 is 2.00 bits per heavy atom. The number of halogens is 1. The summed E-state index contributed by atoms with van der Waals surface area (Å²) in [7, 11) is 0. The second kappa shape index (κ2) is 9.23. The van der Waals surface area contributed by atoms with E-state index in [1.165, 1.54) is 25.7 Å². The van der Waals surface area contributed by atoms with Crippen molar-refractivity contribution in [3.63, 3.8) is 0 Å². The molecule has 0 fully saturated rings. The summed E-state index contributed by atoms with van der Waals surface area (Å²) in [6.45, 7) is 6.92. The van der Waals surface area contributed by atoms with Gasteiger partial charge in [0.25, 0.3) is 0 Å². The van der Waals surface area contributed by atoms with E-state index in [1.54, 1.807) is 0 Å². The number of aryl methyl sites for hydroxylation is 1. The number of benzene rings is 1. The standard InChI is InChI=1S/C15H24ClNO/c1-3-4-5-6-9-17-10-11-18-15-12-14(16)8-7-13(15)2/h7-8,12,17H,3-6,9-11H2,1-2H3. The Morgan fingerprint density at radius 3 is 2.78 bits per heavy atom. The fourth-order valence-corrected chi connectivity index (χ4v) is 1.93. The first kappa shape index (κ1) is 15.3. The first-order valence-electron chi connectivity index (χ1n) is 6.83. The zero-order valence-corrected chi connectivity index (χ0v) is 12.2. The average Bonchev–Trinajstić information content (AvgIpc) is 2.36. The third-order valence-corrected chi connectivity index (χ3v) is 3.13. The lowest BCUT2D eigenvalue weighted by Crippen LogP contribution is -2.22. The van der Waals surface area contributed by atoms with Gasteiger partial charge in [-0.15, -0.1) is 0 Å². The lowest BCUT2D eigenvalue weighted by Gasteiger charge is -2.10. The largest absolute Gasteiger partial charge is 0.492 e. The van der Waals surface area contributed by atoms with Gasteiger partial charge in [0.15, 0.2) is 0 Å². The van der Waals surface area contributed by atoms with Gasteiger partial charge in [-0.05, 0) is 37.6 Å². The van der Waals surface area contributed by atoms with E-state index in [2.05, 4.69) is 12.2 Å². The van der Waals surface area contributed by atoms with Crippen molar-refractivity contribution >= 4 is 11.6 Å². The molecule has 0 aliphatic rings. The zero-order valence-electron chi connectivity index (χ0n) is 11.5. The second-order valence-electron chi connectivity index (χ2n) is 4.57. The van der Waals surface area contributed by atoms with Crippen LogP contribution >= 0.6 is 11.6 Å². The highest BCUT2D eigenvalue weighted by Gasteiger charge is 2.00. The molecule has 0 amide bonds. The molecule has 1 rings (SSSR count). The normalized spacial score (nSPS) is 10.6. The summed E-state index contributed by atoms with van der Waals surface area (Å²) in [6, 6.07) is 5.74. The minimum Gasteiger partial charge on any atom is -0.492 e. The van der Waals surface area contributed by atoms with Crippen LogP contribution < -0.4 is 10.1 Å². The van der Waals surface area contributed by atoms with Crippen LogP contribution in [0.4, 0.5) is 0 Å². The van der Waals surface area contributed by atoms with Gasteiger partial charge in [0, 0.05) is 11.6 Å². The van der Waals surface area contributed by atoms with Crippen LogP contribution in [0, 0.1) is 6.92 Å². The van der Waals surface area contributed by atoms with Gasteiger partial charge in [-0.1, -0.05) is 43.9 Å². The molecule has 0 spiro atoms. The fraction of sp³-hybridized carbons (Fsp3) is 0.600. The number of hydrogen-bond donors (Lipinski definition) is 1. The van der Waals surface area contributed by atoms with Crippen LogP contribution in [-0.2, 0) is 0 Å². The van der Waals surface area contributed by atoms with Gasteiger partial charge in [0.05, 0.1) is 0 Å². The Labute approximate surface area is 116 Å². The van der Waals surface area contributed by atoms with Gasteiger partial charge < -0.3 is 10.1 Å². The average molecular weight is 270 g/mol. The van der Waals surface area contributed by atoms with E-state index in [0.717, 1.165) is 29.4 Å². The van der Waals surface area contributed by atoms with Crippen molar-refractivity contribution in [1.82, 2.24) is 5.32 Å². The van der Waals surface area contributed by atoms with Gasteiger partial charge in [0.2, 0.25) is 0 Å². The smallest absolute Gasteiger partial charge is 0.123 e. The Balaban J connectivity index is 2.09. The van der Waals surface area contributed by atoms with Gasteiger partial charge in [0.1, 0.15) is 12.4 Å². The molecule has 18 heavy (non-hydrogen) atoms. The predicted molar refractivity (Wildman–Crippen MR) is 78.7 cm³/mol. The van der Waals surface area contributed by atoms with Crippen LogP contribution in [0.2, 0.25) is 5.02 Å². The number of ether oxygens (including phenoxy) is 1. The lowest BCUT2D eigenvalue weighted by molar-refractivity contribution is 0.311. The summed E-state index contributed by atoms with van der Waals surface area (Å²) in [6.07, 6.45) is 5.19. The Kier molecular flexibility index (Phi) is 7.86. The highest BCUT2D eigenvalue weighted by molar-refractivity contribution is 6.30. The molecular formula is C15H24ClNO. The first-order chi connectivity index (χ1) is 8.74. The minimum absolute atomic E-state index is 0.689. The Hall–Kier alpha value is -0.730. The molecule has 0 heterocycles. The summed E-state index contributed by atoms with van der Waals surface area (Å²) in [5.74, 6) is 0.885. The minimum atomic E-state index is 0.689. The summed E-state index contributed by atoms with van der Waals surface area (Å²) >= 11 is 5.93. The molecule has 0 aromatic heterocycles. The fourth-order valence-electron chi connectivity index (χ4n) is 1.76. The van der Waals surface area contributed by atoms with Gasteiger partial charge in [-0.25, -0.2) is 0 Å². The van der Waals surface area contributed by atoms with E-state index in [1.807, 2.05) is 25.1 Å². The van der Waals surface area contributed by atoms with E-state index in [9.17, 15) is 0 Å². The highest BCUT2D eigenvalue weighted by atomic mass is 35.5. The highest BCUT2D eigenvalue weighted by Crippen LogP contribution is 2.22. The molecule has 0 saturated heterocycles. The van der Waals surface area contributed by atoms with E-state index in [4.69, 9.17) is 16.3 Å². The van der Waals surface area contributed by atoms with Crippen LogP contribution in [0.1, 0.15) is 38.2 Å². The molecule has 0 unspecified atom stereocenters. The molecule has 0 bridgehead atoms. The third-order valence-electron chi connectivity index (χ3n) is 2.89. The number of unbranched alkanes of at least 4 members (excludes halogenated alkanes) is 3. The van der Waals surface area contributed by atoms with Crippen molar-refractivity contribution in [3.8, 4) is 5.75 Å². The molecular weight excluding hydrogens is 246 g/mol. The predicted octanol–water partition coefficient (Wildman–Crippen LogP) is 4.20. The van der Waals surface area contributed by atoms with E-state index in [-0.39, 0.29) is 0 Å². The molecule has 0 radical (unpaired) electrons. The maximum Gasteiger partial charge on any atom is 0.123 e. The molecule has 2 nitrogen and oxygen atoms in total. The lowest BCUT2D eigenvalue weighted by atomic mass is 10.2. The van der Waals surface area contributed by atoms with E-state index < -0.39 is 0 Å². The summed E-state index contributed by atoms with van der Waals surface area (Å²) in [5, 5.41) is 4.12. The number of hydrogen-bond acceptors (Lipinski definition) is 2. The van der Waals surface area contributed by atoms with Crippen LogP contribution in [0.3, 0.4) is 0 Å². The van der Waals surface area contributed by atoms with Crippen LogP contribution in [0.25, 0.3) is 0 Å². The van der Waals surface area contributed by atoms with Crippen LogP contribution in [-0.4, -0.2) is 19.7 Å². The molecule has 1 aromatic carbocycles. The Bertz CT molecular complexity index is 341. The topological polar surface area (TPSA) is 21.3 Å². The number of rotatable bonds is 9. The maximum absolute atomic E-state index is 5.93. The third kappa shape index (κ3) is 6.27. The van der Waals surface area contributed by atoms with Crippen LogP contribution in [0.5, 0.6) is 5.75 Å². The maximum atomic E-state index is 5.93. The molecule has 102 valence electrons. The monoisotopic (exact) mass is 269 g/mol. The van der Waals surface area contributed by atoms with E-state index in [0.29, 0.717) is 6.61 Å². The van der Waals surface area contributed by atoms with Crippen molar-refractivity contribution < 1.29 is 4.74 Å². The molecule has 3 heteroatoms. The quantitative estimate of drug-likeness (QED) is 0.679. The van der Waals surface area contributed by atoms with Crippen molar-refractivity contribution in [2.45, 2.75) is 39.5 Å². The zero-order chi connectivity index (χ0) is 13.2. The van der Waals surface area contributed by atoms with Crippen molar-refractivity contribution in [2.75, 3.05) is 19.7 Å². The van der Waals surface area contributed by atoms with Gasteiger partial charge in [-0.2, -0.15) is 0 Å². The van der Waals surface area contributed by atoms with Crippen molar-refractivity contribution in [2.24, 2.45) is 0 Å².